The van der Waals surface area contributed by atoms with Crippen LogP contribution in [0.4, 0.5) is 0 Å². The molecule has 3 N–H and O–H groups in total. The third kappa shape index (κ3) is 3.25. The predicted molar refractivity (Wildman–Crippen MR) is 52.4 cm³/mol. The average molecular weight is 187 g/mol. The summed E-state index contributed by atoms with van der Waals surface area (Å²) in [4.78, 5) is 0. The first-order chi connectivity index (χ1) is 6.11. The summed E-state index contributed by atoms with van der Waals surface area (Å²) in [6.45, 7) is 5.75. The first-order valence-corrected chi connectivity index (χ1v) is 5.18. The molecule has 1 fully saturated rings. The summed E-state index contributed by atoms with van der Waals surface area (Å²) in [5.41, 5.74) is 0. The van der Waals surface area contributed by atoms with Crippen molar-refractivity contribution in [2.24, 2.45) is 11.8 Å². The Morgan fingerprint density at radius 1 is 1.46 bits per heavy atom. The Kier molecular flexibility index (Phi) is 4.16. The zero-order valence-electron chi connectivity index (χ0n) is 8.53. The molecule has 0 bridgehead atoms. The summed E-state index contributed by atoms with van der Waals surface area (Å²) in [5, 5.41) is 22.5. The molecule has 0 aromatic rings. The Morgan fingerprint density at radius 2 is 2.15 bits per heavy atom. The van der Waals surface area contributed by atoms with Crippen LogP contribution >= 0.6 is 0 Å². The molecular formula is C10H21NO2. The van der Waals surface area contributed by atoms with E-state index in [9.17, 15) is 10.2 Å². The molecule has 3 unspecified atom stereocenters. The zero-order valence-corrected chi connectivity index (χ0v) is 8.53. The first kappa shape index (κ1) is 11.0. The standard InChI is InChI=1S/C10H21NO2/c1-7(2)10(13)5-8-6-11-4-3-9(8)12/h7-13H,3-6H2,1-2H3. The number of hydrogen-bond donors (Lipinski definition) is 3. The van der Waals surface area contributed by atoms with Gasteiger partial charge >= 0.3 is 0 Å². The van der Waals surface area contributed by atoms with E-state index in [0.29, 0.717) is 6.42 Å². The highest BCUT2D eigenvalue weighted by molar-refractivity contribution is 4.80. The van der Waals surface area contributed by atoms with Crippen LogP contribution in [0.5, 0.6) is 0 Å². The maximum atomic E-state index is 9.66. The van der Waals surface area contributed by atoms with E-state index in [0.717, 1.165) is 19.5 Å². The Hall–Kier alpha value is -0.120. The van der Waals surface area contributed by atoms with Crippen molar-refractivity contribution >= 4 is 0 Å². The molecule has 0 aliphatic carbocycles. The highest BCUT2D eigenvalue weighted by Gasteiger charge is 2.25. The molecular weight excluding hydrogens is 166 g/mol. The van der Waals surface area contributed by atoms with Crippen LogP contribution in [0.2, 0.25) is 0 Å². The Labute approximate surface area is 80.2 Å². The van der Waals surface area contributed by atoms with Crippen LogP contribution in [0, 0.1) is 11.8 Å². The fourth-order valence-electron chi connectivity index (χ4n) is 1.73. The van der Waals surface area contributed by atoms with Gasteiger partial charge in [0.05, 0.1) is 12.2 Å². The lowest BCUT2D eigenvalue weighted by atomic mass is 9.87. The van der Waals surface area contributed by atoms with Crippen molar-refractivity contribution in [3.63, 3.8) is 0 Å². The molecule has 13 heavy (non-hydrogen) atoms. The topological polar surface area (TPSA) is 52.5 Å². The molecule has 0 aromatic carbocycles. The second-order valence-corrected chi connectivity index (χ2v) is 4.37. The van der Waals surface area contributed by atoms with Gasteiger partial charge in [-0.2, -0.15) is 0 Å². The second-order valence-electron chi connectivity index (χ2n) is 4.37. The van der Waals surface area contributed by atoms with Gasteiger partial charge in [-0.3, -0.25) is 0 Å². The molecule has 0 radical (unpaired) electrons. The van der Waals surface area contributed by atoms with Crippen LogP contribution in [-0.2, 0) is 0 Å². The van der Waals surface area contributed by atoms with E-state index < -0.39 is 0 Å². The summed E-state index contributed by atoms with van der Waals surface area (Å²) in [5.74, 6) is 0.514. The minimum atomic E-state index is -0.278. The molecule has 1 rings (SSSR count). The number of rotatable bonds is 3. The van der Waals surface area contributed by atoms with Crippen molar-refractivity contribution in [2.75, 3.05) is 13.1 Å². The SMILES string of the molecule is CC(C)C(O)CC1CNCCC1O. The third-order valence-corrected chi connectivity index (χ3v) is 2.88. The Balaban J connectivity index is 2.33. The molecule has 3 heteroatoms. The van der Waals surface area contributed by atoms with Crippen molar-refractivity contribution in [3.05, 3.63) is 0 Å². The largest absolute Gasteiger partial charge is 0.393 e. The minimum Gasteiger partial charge on any atom is -0.393 e. The lowest BCUT2D eigenvalue weighted by Crippen LogP contribution is -2.41. The van der Waals surface area contributed by atoms with E-state index in [1.54, 1.807) is 0 Å². The predicted octanol–water partition coefficient (Wildman–Crippen LogP) is 0.364. The molecule has 1 aliphatic rings. The maximum Gasteiger partial charge on any atom is 0.0593 e. The molecule has 0 amide bonds. The quantitative estimate of drug-likeness (QED) is 0.598. The third-order valence-electron chi connectivity index (χ3n) is 2.88. The van der Waals surface area contributed by atoms with Crippen molar-refractivity contribution in [1.29, 1.82) is 0 Å². The van der Waals surface area contributed by atoms with E-state index in [2.05, 4.69) is 5.32 Å². The second kappa shape index (κ2) is 4.94. The fraction of sp³-hybridized carbons (Fsp3) is 1.00. The van der Waals surface area contributed by atoms with E-state index in [-0.39, 0.29) is 24.0 Å². The summed E-state index contributed by atoms with van der Waals surface area (Å²) in [7, 11) is 0. The van der Waals surface area contributed by atoms with Gasteiger partial charge in [0, 0.05) is 6.54 Å². The van der Waals surface area contributed by atoms with E-state index in [1.165, 1.54) is 0 Å². The van der Waals surface area contributed by atoms with Gasteiger partial charge < -0.3 is 15.5 Å². The van der Waals surface area contributed by atoms with Gasteiger partial charge in [-0.1, -0.05) is 13.8 Å². The Morgan fingerprint density at radius 3 is 2.69 bits per heavy atom. The minimum absolute atomic E-state index is 0.227. The number of hydrogen-bond acceptors (Lipinski definition) is 3. The zero-order chi connectivity index (χ0) is 9.84. The highest BCUT2D eigenvalue weighted by atomic mass is 16.3. The van der Waals surface area contributed by atoms with Crippen LogP contribution in [0.1, 0.15) is 26.7 Å². The Bertz CT molecular complexity index is 150. The van der Waals surface area contributed by atoms with Crippen LogP contribution in [0.3, 0.4) is 0 Å². The van der Waals surface area contributed by atoms with Crippen LogP contribution in [-0.4, -0.2) is 35.5 Å². The molecule has 3 nitrogen and oxygen atoms in total. The summed E-state index contributed by atoms with van der Waals surface area (Å²) in [6, 6.07) is 0. The molecule has 78 valence electrons. The van der Waals surface area contributed by atoms with Gasteiger partial charge in [-0.25, -0.2) is 0 Å². The van der Waals surface area contributed by atoms with E-state index in [4.69, 9.17) is 0 Å². The average Bonchev–Trinajstić information content (AvgIpc) is 2.08. The molecule has 1 aliphatic heterocycles. The number of piperidine rings is 1. The van der Waals surface area contributed by atoms with Gasteiger partial charge in [0.15, 0.2) is 0 Å². The molecule has 0 aromatic heterocycles. The summed E-state index contributed by atoms with van der Waals surface area (Å²) >= 11 is 0. The summed E-state index contributed by atoms with van der Waals surface area (Å²) < 4.78 is 0. The van der Waals surface area contributed by atoms with Crippen molar-refractivity contribution in [2.45, 2.75) is 38.9 Å². The monoisotopic (exact) mass is 187 g/mol. The number of nitrogens with one attached hydrogen (secondary N) is 1. The summed E-state index contributed by atoms with van der Waals surface area (Å²) in [6.07, 6.45) is 1.02. The van der Waals surface area contributed by atoms with E-state index in [1.807, 2.05) is 13.8 Å². The first-order valence-electron chi connectivity index (χ1n) is 5.18. The highest BCUT2D eigenvalue weighted by Crippen LogP contribution is 2.19. The number of aliphatic hydroxyl groups is 2. The molecule has 0 saturated carbocycles. The molecule has 1 saturated heterocycles. The van der Waals surface area contributed by atoms with Gasteiger partial charge in [0.25, 0.3) is 0 Å². The van der Waals surface area contributed by atoms with Crippen LogP contribution in [0.25, 0.3) is 0 Å². The molecule has 0 spiro atoms. The van der Waals surface area contributed by atoms with Gasteiger partial charge in [-0.15, -0.1) is 0 Å². The smallest absolute Gasteiger partial charge is 0.0593 e. The van der Waals surface area contributed by atoms with Crippen molar-refractivity contribution < 1.29 is 10.2 Å². The maximum absolute atomic E-state index is 9.66. The van der Waals surface area contributed by atoms with Crippen LogP contribution in [0.15, 0.2) is 0 Å². The lowest BCUT2D eigenvalue weighted by Gasteiger charge is -2.30. The van der Waals surface area contributed by atoms with Crippen LogP contribution < -0.4 is 5.32 Å². The normalized spacial score (nSPS) is 32.1. The number of aliphatic hydroxyl groups excluding tert-OH is 2. The van der Waals surface area contributed by atoms with Gasteiger partial charge in [0.1, 0.15) is 0 Å². The van der Waals surface area contributed by atoms with Crippen molar-refractivity contribution in [3.8, 4) is 0 Å². The van der Waals surface area contributed by atoms with E-state index >= 15 is 0 Å². The lowest BCUT2D eigenvalue weighted by molar-refractivity contribution is 0.0273. The van der Waals surface area contributed by atoms with Gasteiger partial charge in [0.2, 0.25) is 0 Å². The fourth-order valence-corrected chi connectivity index (χ4v) is 1.73. The van der Waals surface area contributed by atoms with Crippen molar-refractivity contribution in [1.82, 2.24) is 5.32 Å². The molecule has 3 atom stereocenters. The van der Waals surface area contributed by atoms with Gasteiger partial charge in [-0.05, 0) is 31.2 Å². The molecule has 1 heterocycles.